The number of hydrogen-bond donors (Lipinski definition) is 0. The van der Waals surface area contributed by atoms with Crippen molar-refractivity contribution in [1.29, 1.82) is 0 Å². The van der Waals surface area contributed by atoms with Gasteiger partial charge < -0.3 is 4.90 Å². The Bertz CT molecular complexity index is 2570. The zero-order chi connectivity index (χ0) is 35.4. The van der Waals surface area contributed by atoms with Crippen molar-refractivity contribution in [2.75, 3.05) is 4.90 Å². The van der Waals surface area contributed by atoms with Gasteiger partial charge in [0.05, 0.1) is 5.69 Å². The Morgan fingerprint density at radius 3 is 1.23 bits per heavy atom. The Hall–Kier alpha value is -6.96. The van der Waals surface area contributed by atoms with Crippen molar-refractivity contribution < 1.29 is 0 Å². The average molecular weight is 676 g/mol. The quantitative estimate of drug-likeness (QED) is 0.155. The fourth-order valence-electron chi connectivity index (χ4n) is 7.42. The first-order chi connectivity index (χ1) is 26.3. The number of nitrogens with zero attached hydrogens (tertiary/aromatic N) is 1. The molecule has 1 nitrogen and oxygen atoms in total. The summed E-state index contributed by atoms with van der Waals surface area (Å²) in [7, 11) is 0. The van der Waals surface area contributed by atoms with Crippen LogP contribution in [0.2, 0.25) is 0 Å². The van der Waals surface area contributed by atoms with Crippen molar-refractivity contribution in [1.82, 2.24) is 0 Å². The van der Waals surface area contributed by atoms with Gasteiger partial charge in [0, 0.05) is 16.8 Å². The van der Waals surface area contributed by atoms with E-state index in [-0.39, 0.29) is 0 Å². The first kappa shape index (κ1) is 32.0. The number of benzene rings is 9. The largest absolute Gasteiger partial charge is 0.310 e. The lowest BCUT2D eigenvalue weighted by Gasteiger charge is -2.28. The molecule has 9 rings (SSSR count). The van der Waals surface area contributed by atoms with Gasteiger partial charge in [-0.25, -0.2) is 0 Å². The molecule has 0 radical (unpaired) electrons. The summed E-state index contributed by atoms with van der Waals surface area (Å²) in [5, 5.41) is 2.42. The molecule has 53 heavy (non-hydrogen) atoms. The highest BCUT2D eigenvalue weighted by Crippen LogP contribution is 2.43. The molecule has 0 bridgehead atoms. The van der Waals surface area contributed by atoms with Gasteiger partial charge in [-0.05, 0) is 110 Å². The monoisotopic (exact) mass is 675 g/mol. The van der Waals surface area contributed by atoms with Gasteiger partial charge in [-0.2, -0.15) is 0 Å². The lowest BCUT2D eigenvalue weighted by atomic mass is 9.93. The van der Waals surface area contributed by atoms with Crippen LogP contribution in [0.15, 0.2) is 224 Å². The first-order valence-corrected chi connectivity index (χ1v) is 18.2. The number of fused-ring (bicyclic) bond motifs is 1. The summed E-state index contributed by atoms with van der Waals surface area (Å²) >= 11 is 0. The van der Waals surface area contributed by atoms with E-state index >= 15 is 0 Å². The molecule has 250 valence electrons. The summed E-state index contributed by atoms with van der Waals surface area (Å²) in [6.07, 6.45) is 0. The van der Waals surface area contributed by atoms with Crippen molar-refractivity contribution in [2.45, 2.75) is 0 Å². The molecule has 0 amide bonds. The van der Waals surface area contributed by atoms with Crippen LogP contribution in [-0.4, -0.2) is 0 Å². The predicted molar refractivity (Wildman–Crippen MR) is 226 cm³/mol. The molecule has 0 N–H and O–H groups in total. The van der Waals surface area contributed by atoms with Gasteiger partial charge in [0.25, 0.3) is 0 Å². The van der Waals surface area contributed by atoms with Gasteiger partial charge in [-0.15, -0.1) is 0 Å². The molecule has 0 spiro atoms. The Morgan fingerprint density at radius 1 is 0.226 bits per heavy atom. The average Bonchev–Trinajstić information content (AvgIpc) is 3.25. The first-order valence-electron chi connectivity index (χ1n) is 18.2. The maximum atomic E-state index is 2.41. The fourth-order valence-corrected chi connectivity index (χ4v) is 7.42. The van der Waals surface area contributed by atoms with Crippen LogP contribution in [0.5, 0.6) is 0 Å². The smallest absolute Gasteiger partial charge is 0.0540 e. The second kappa shape index (κ2) is 14.3. The van der Waals surface area contributed by atoms with Crippen LogP contribution in [0, 0.1) is 0 Å². The van der Waals surface area contributed by atoms with Crippen LogP contribution in [-0.2, 0) is 0 Å². The van der Waals surface area contributed by atoms with Gasteiger partial charge in [0.15, 0.2) is 0 Å². The minimum Gasteiger partial charge on any atom is -0.310 e. The molecule has 0 aliphatic carbocycles. The molecule has 0 saturated carbocycles. The van der Waals surface area contributed by atoms with Crippen molar-refractivity contribution in [3.8, 4) is 55.6 Å². The van der Waals surface area contributed by atoms with Gasteiger partial charge in [-0.3, -0.25) is 0 Å². The van der Waals surface area contributed by atoms with Crippen LogP contribution in [0.3, 0.4) is 0 Å². The van der Waals surface area contributed by atoms with Crippen LogP contribution >= 0.6 is 0 Å². The molecule has 0 atom stereocenters. The Balaban J connectivity index is 1.22. The Morgan fingerprint density at radius 2 is 0.660 bits per heavy atom. The van der Waals surface area contributed by atoms with E-state index in [1.54, 1.807) is 0 Å². The highest BCUT2D eigenvalue weighted by atomic mass is 15.1. The SMILES string of the molecule is c1ccc(-c2ccc(N(c3cccc(-c4cc(-c5ccccc5)cc(-c5ccccc5)c4)c3)c3ccc(-c4ccccc4)c4ccccc34)cc2)cc1. The molecule has 0 heterocycles. The molecular formula is C52H37N. The Kier molecular flexibility index (Phi) is 8.66. The normalized spacial score (nSPS) is 11.0. The van der Waals surface area contributed by atoms with E-state index in [1.807, 2.05) is 0 Å². The second-order valence-electron chi connectivity index (χ2n) is 13.4. The molecule has 0 fully saturated rings. The van der Waals surface area contributed by atoms with Gasteiger partial charge in [0.1, 0.15) is 0 Å². The van der Waals surface area contributed by atoms with E-state index < -0.39 is 0 Å². The maximum Gasteiger partial charge on any atom is 0.0540 e. The van der Waals surface area contributed by atoms with E-state index in [4.69, 9.17) is 0 Å². The van der Waals surface area contributed by atoms with E-state index in [0.29, 0.717) is 0 Å². The molecule has 1 heteroatoms. The third kappa shape index (κ3) is 6.53. The fraction of sp³-hybridized carbons (Fsp3) is 0. The van der Waals surface area contributed by atoms with E-state index in [2.05, 4.69) is 229 Å². The molecular weight excluding hydrogens is 639 g/mol. The number of rotatable bonds is 8. The summed E-state index contributed by atoms with van der Waals surface area (Å²) < 4.78 is 0. The van der Waals surface area contributed by atoms with Crippen molar-refractivity contribution >= 4 is 27.8 Å². The molecule has 0 aromatic heterocycles. The maximum absolute atomic E-state index is 2.41. The summed E-state index contributed by atoms with van der Waals surface area (Å²) in [5.74, 6) is 0. The Labute approximate surface area is 311 Å². The molecule has 0 saturated heterocycles. The molecule has 0 unspecified atom stereocenters. The van der Waals surface area contributed by atoms with Crippen LogP contribution in [0.25, 0.3) is 66.4 Å². The summed E-state index contributed by atoms with van der Waals surface area (Å²) in [5.41, 5.74) is 15.3. The van der Waals surface area contributed by atoms with Crippen LogP contribution in [0.4, 0.5) is 17.1 Å². The number of anilines is 3. The van der Waals surface area contributed by atoms with Crippen molar-refractivity contribution in [3.63, 3.8) is 0 Å². The lowest BCUT2D eigenvalue weighted by molar-refractivity contribution is 1.30. The van der Waals surface area contributed by atoms with Crippen molar-refractivity contribution in [3.05, 3.63) is 224 Å². The second-order valence-corrected chi connectivity index (χ2v) is 13.4. The zero-order valence-electron chi connectivity index (χ0n) is 29.3. The van der Waals surface area contributed by atoms with Crippen molar-refractivity contribution in [2.24, 2.45) is 0 Å². The summed E-state index contributed by atoms with van der Waals surface area (Å²) in [6, 6.07) is 80.9. The third-order valence-corrected chi connectivity index (χ3v) is 10.0. The van der Waals surface area contributed by atoms with Gasteiger partial charge in [-0.1, -0.05) is 176 Å². The zero-order valence-corrected chi connectivity index (χ0v) is 29.3. The van der Waals surface area contributed by atoms with Gasteiger partial charge >= 0.3 is 0 Å². The third-order valence-electron chi connectivity index (χ3n) is 10.0. The summed E-state index contributed by atoms with van der Waals surface area (Å²) in [6.45, 7) is 0. The predicted octanol–water partition coefficient (Wildman–Crippen LogP) is 14.6. The molecule has 0 aliphatic rings. The highest BCUT2D eigenvalue weighted by Gasteiger charge is 2.19. The van der Waals surface area contributed by atoms with Crippen LogP contribution in [0.1, 0.15) is 0 Å². The lowest BCUT2D eigenvalue weighted by Crippen LogP contribution is -2.10. The standard InChI is InChI=1S/C52H37N/c1-5-16-38(17-6-1)41-28-30-47(31-29-41)53(52-33-32-49(42-22-11-4-12-23-42)50-26-13-14-27-51(50)52)48-25-15-24-43(37-48)46-35-44(39-18-7-2-8-19-39)34-45(36-46)40-20-9-3-10-21-40/h1-37H. The van der Waals surface area contributed by atoms with E-state index in [9.17, 15) is 0 Å². The molecule has 9 aromatic carbocycles. The number of hydrogen-bond acceptors (Lipinski definition) is 1. The van der Waals surface area contributed by atoms with Crippen LogP contribution < -0.4 is 4.90 Å². The minimum atomic E-state index is 1.10. The molecule has 9 aromatic rings. The molecule has 0 aliphatic heterocycles. The minimum absolute atomic E-state index is 1.10. The summed E-state index contributed by atoms with van der Waals surface area (Å²) in [4.78, 5) is 2.41. The topological polar surface area (TPSA) is 3.24 Å². The van der Waals surface area contributed by atoms with Gasteiger partial charge in [0.2, 0.25) is 0 Å². The van der Waals surface area contributed by atoms with E-state index in [1.165, 1.54) is 60.8 Å². The highest BCUT2D eigenvalue weighted by molar-refractivity contribution is 6.06. The van der Waals surface area contributed by atoms with E-state index in [0.717, 1.165) is 22.6 Å².